The summed E-state index contributed by atoms with van der Waals surface area (Å²) in [5.74, 6) is 0. The molecule has 0 N–H and O–H groups in total. The van der Waals surface area contributed by atoms with Gasteiger partial charge in [-0.3, -0.25) is 0 Å². The van der Waals surface area contributed by atoms with Crippen molar-refractivity contribution in [2.45, 2.75) is 6.92 Å². The van der Waals surface area contributed by atoms with E-state index in [9.17, 15) is 0 Å². The first-order valence-corrected chi connectivity index (χ1v) is 4.56. The van der Waals surface area contributed by atoms with Crippen LogP contribution in [0.2, 0.25) is 0 Å². The molecule has 0 aromatic heterocycles. The van der Waals surface area contributed by atoms with Crippen LogP contribution in [0.25, 0.3) is 0 Å². The molecule has 0 fully saturated rings. The average molecular weight is 134 g/mol. The van der Waals surface area contributed by atoms with Crippen molar-refractivity contribution in [3.05, 3.63) is 10.3 Å². The number of hydrogen-bond acceptors (Lipinski definition) is 2. The largest absolute Gasteiger partial charge is 0.137 e. The van der Waals surface area contributed by atoms with Crippen molar-refractivity contribution in [1.82, 2.24) is 0 Å². The van der Waals surface area contributed by atoms with E-state index in [-0.39, 0.29) is 0 Å². The highest BCUT2D eigenvalue weighted by Gasteiger charge is 1.77. The van der Waals surface area contributed by atoms with Gasteiger partial charge in [-0.2, -0.15) is 0 Å². The van der Waals surface area contributed by atoms with Gasteiger partial charge in [0.2, 0.25) is 0 Å². The molecule has 0 atom stereocenters. The highest BCUT2D eigenvalue weighted by molar-refractivity contribution is 8.05. The first kappa shape index (κ1) is 7.44. The summed E-state index contributed by atoms with van der Waals surface area (Å²) in [5.41, 5.74) is 0. The van der Waals surface area contributed by atoms with Crippen LogP contribution >= 0.6 is 23.5 Å². The Morgan fingerprint density at radius 3 is 2.14 bits per heavy atom. The van der Waals surface area contributed by atoms with Crippen molar-refractivity contribution in [3.63, 3.8) is 0 Å². The fourth-order valence-electron chi connectivity index (χ4n) is 0.214. The fourth-order valence-corrected chi connectivity index (χ4v) is 1.22. The molecular formula is C5H10S2. The van der Waals surface area contributed by atoms with E-state index in [1.165, 1.54) is 4.91 Å². The van der Waals surface area contributed by atoms with Gasteiger partial charge in [0.1, 0.15) is 0 Å². The Hall–Kier alpha value is 0.440. The molecule has 0 bridgehead atoms. The second kappa shape index (κ2) is 4.60. The summed E-state index contributed by atoms with van der Waals surface area (Å²) in [5, 5.41) is 2.14. The molecule has 0 heterocycles. The van der Waals surface area contributed by atoms with Crippen molar-refractivity contribution >= 4 is 23.5 Å². The Morgan fingerprint density at radius 1 is 1.43 bits per heavy atom. The molecule has 0 saturated carbocycles. The van der Waals surface area contributed by atoms with E-state index in [1.54, 1.807) is 23.5 Å². The predicted molar refractivity (Wildman–Crippen MR) is 40.8 cm³/mol. The van der Waals surface area contributed by atoms with Crippen molar-refractivity contribution in [2.24, 2.45) is 0 Å². The van der Waals surface area contributed by atoms with Crippen LogP contribution in [0, 0.1) is 0 Å². The van der Waals surface area contributed by atoms with Gasteiger partial charge in [0.25, 0.3) is 0 Å². The van der Waals surface area contributed by atoms with E-state index >= 15 is 0 Å². The lowest BCUT2D eigenvalue weighted by Gasteiger charge is -1.87. The molecule has 0 aromatic rings. The molecule has 0 rings (SSSR count). The van der Waals surface area contributed by atoms with Crippen molar-refractivity contribution in [2.75, 3.05) is 12.5 Å². The normalized spacial score (nSPS) is 12.1. The predicted octanol–water partition coefficient (Wildman–Crippen LogP) is 2.57. The molecule has 0 aliphatic heterocycles. The molecule has 0 aliphatic carbocycles. The summed E-state index contributed by atoms with van der Waals surface area (Å²) >= 11 is 3.54. The Morgan fingerprint density at radius 2 is 2.00 bits per heavy atom. The SMILES string of the molecule is CS/C=C(\C)SC. The van der Waals surface area contributed by atoms with Crippen LogP contribution in [0.3, 0.4) is 0 Å². The van der Waals surface area contributed by atoms with E-state index in [2.05, 4.69) is 24.8 Å². The molecular weight excluding hydrogens is 124 g/mol. The second-order valence-corrected chi connectivity index (χ2v) is 2.93. The molecule has 42 valence electrons. The smallest absolute Gasteiger partial charge is 0.0123 e. The maximum absolute atomic E-state index is 2.14. The molecule has 0 saturated heterocycles. The van der Waals surface area contributed by atoms with Gasteiger partial charge in [-0.05, 0) is 29.7 Å². The molecule has 0 unspecified atom stereocenters. The van der Waals surface area contributed by atoms with Crippen LogP contribution in [-0.4, -0.2) is 12.5 Å². The van der Waals surface area contributed by atoms with Crippen molar-refractivity contribution < 1.29 is 0 Å². The minimum atomic E-state index is 1.38. The van der Waals surface area contributed by atoms with E-state index in [0.29, 0.717) is 0 Å². The van der Waals surface area contributed by atoms with E-state index in [4.69, 9.17) is 0 Å². The fraction of sp³-hybridized carbons (Fsp3) is 0.600. The van der Waals surface area contributed by atoms with Crippen molar-refractivity contribution in [3.8, 4) is 0 Å². The number of allylic oxidation sites excluding steroid dienone is 1. The van der Waals surface area contributed by atoms with Gasteiger partial charge in [-0.25, -0.2) is 0 Å². The average Bonchev–Trinajstić information content (AvgIpc) is 1.68. The zero-order chi connectivity index (χ0) is 5.70. The zero-order valence-electron chi connectivity index (χ0n) is 4.89. The molecule has 0 aliphatic rings. The third kappa shape index (κ3) is 4.29. The Bertz CT molecular complexity index is 66.5. The van der Waals surface area contributed by atoms with E-state index in [1.807, 2.05) is 0 Å². The van der Waals surface area contributed by atoms with Gasteiger partial charge >= 0.3 is 0 Å². The third-order valence-corrected chi connectivity index (χ3v) is 2.11. The first-order chi connectivity index (χ1) is 3.31. The van der Waals surface area contributed by atoms with E-state index in [0.717, 1.165) is 0 Å². The summed E-state index contributed by atoms with van der Waals surface area (Å²) in [7, 11) is 0. The molecule has 7 heavy (non-hydrogen) atoms. The van der Waals surface area contributed by atoms with Gasteiger partial charge < -0.3 is 0 Å². The van der Waals surface area contributed by atoms with E-state index < -0.39 is 0 Å². The lowest BCUT2D eigenvalue weighted by atomic mass is 10.8. The number of hydrogen-bond donors (Lipinski definition) is 0. The Labute approximate surface area is 53.8 Å². The number of rotatable bonds is 2. The van der Waals surface area contributed by atoms with Crippen LogP contribution in [0.15, 0.2) is 10.3 Å². The monoisotopic (exact) mass is 134 g/mol. The highest BCUT2D eigenvalue weighted by atomic mass is 32.2. The molecule has 0 spiro atoms. The molecule has 2 heteroatoms. The van der Waals surface area contributed by atoms with Gasteiger partial charge in [0.15, 0.2) is 0 Å². The van der Waals surface area contributed by atoms with Gasteiger partial charge in [-0.15, -0.1) is 23.5 Å². The van der Waals surface area contributed by atoms with Gasteiger partial charge in [0.05, 0.1) is 0 Å². The Balaban J connectivity index is 3.29. The van der Waals surface area contributed by atoms with Crippen LogP contribution < -0.4 is 0 Å². The number of thioether (sulfide) groups is 2. The van der Waals surface area contributed by atoms with Gasteiger partial charge in [-0.1, -0.05) is 0 Å². The summed E-state index contributed by atoms with van der Waals surface area (Å²) in [4.78, 5) is 1.38. The van der Waals surface area contributed by atoms with Gasteiger partial charge in [0, 0.05) is 0 Å². The van der Waals surface area contributed by atoms with Crippen molar-refractivity contribution in [1.29, 1.82) is 0 Å². The molecule has 0 amide bonds. The summed E-state index contributed by atoms with van der Waals surface area (Å²) in [6.45, 7) is 2.11. The standard InChI is InChI=1S/C5H10S2/c1-5(7-3)4-6-2/h4H,1-3H3/b5-4+. The summed E-state index contributed by atoms with van der Waals surface area (Å²) in [6, 6.07) is 0. The third-order valence-electron chi connectivity index (χ3n) is 0.606. The lowest BCUT2D eigenvalue weighted by Crippen LogP contribution is -1.57. The lowest BCUT2D eigenvalue weighted by molar-refractivity contribution is 1.72. The maximum Gasteiger partial charge on any atom is -0.0123 e. The minimum Gasteiger partial charge on any atom is -0.137 e. The maximum atomic E-state index is 2.14. The van der Waals surface area contributed by atoms with Crippen LogP contribution in [0.1, 0.15) is 6.92 Å². The zero-order valence-corrected chi connectivity index (χ0v) is 6.53. The Kier molecular flexibility index (Phi) is 4.88. The highest BCUT2D eigenvalue weighted by Crippen LogP contribution is 2.12. The summed E-state index contributed by atoms with van der Waals surface area (Å²) < 4.78 is 0. The minimum absolute atomic E-state index is 1.38. The molecule has 0 radical (unpaired) electrons. The van der Waals surface area contributed by atoms with Crippen LogP contribution in [-0.2, 0) is 0 Å². The topological polar surface area (TPSA) is 0 Å². The summed E-state index contributed by atoms with van der Waals surface area (Å²) in [6.07, 6.45) is 4.15. The quantitative estimate of drug-likeness (QED) is 0.569. The van der Waals surface area contributed by atoms with Crippen LogP contribution in [0.5, 0.6) is 0 Å². The molecule has 0 aromatic carbocycles. The second-order valence-electron chi connectivity index (χ2n) is 1.17. The molecule has 0 nitrogen and oxygen atoms in total. The first-order valence-electron chi connectivity index (χ1n) is 2.04. The van der Waals surface area contributed by atoms with Crippen LogP contribution in [0.4, 0.5) is 0 Å².